The molecule has 0 spiro atoms. The molecule has 0 fully saturated rings. The molecule has 0 nitrogen and oxygen atoms in total. The Labute approximate surface area is 326 Å². The maximum absolute atomic E-state index is 2.45. The Morgan fingerprint density at radius 1 is 0.161 bits per heavy atom. The molecule has 0 atom stereocenters. The van der Waals surface area contributed by atoms with E-state index in [9.17, 15) is 0 Å². The molecule has 56 heavy (non-hydrogen) atoms. The number of fused-ring (bicyclic) bond motifs is 8. The highest BCUT2D eigenvalue weighted by atomic mass is 14.2. The van der Waals surface area contributed by atoms with Crippen LogP contribution in [0.5, 0.6) is 0 Å². The van der Waals surface area contributed by atoms with E-state index in [1.807, 2.05) is 0 Å². The van der Waals surface area contributed by atoms with Crippen LogP contribution >= 0.6 is 0 Å². The van der Waals surface area contributed by atoms with Gasteiger partial charge in [-0.25, -0.2) is 0 Å². The summed E-state index contributed by atoms with van der Waals surface area (Å²) < 4.78 is 0. The van der Waals surface area contributed by atoms with Gasteiger partial charge in [0.1, 0.15) is 0 Å². The highest BCUT2D eigenvalue weighted by Crippen LogP contribution is 2.46. The van der Waals surface area contributed by atoms with Gasteiger partial charge in [-0.2, -0.15) is 0 Å². The summed E-state index contributed by atoms with van der Waals surface area (Å²) >= 11 is 0. The van der Waals surface area contributed by atoms with Gasteiger partial charge in [0.2, 0.25) is 0 Å². The molecule has 0 saturated heterocycles. The lowest BCUT2D eigenvalue weighted by atomic mass is 9.83. The number of hydrogen-bond acceptors (Lipinski definition) is 0. The van der Waals surface area contributed by atoms with Crippen molar-refractivity contribution in [3.8, 4) is 55.6 Å². The van der Waals surface area contributed by atoms with Crippen LogP contribution in [-0.2, 0) is 0 Å². The van der Waals surface area contributed by atoms with Gasteiger partial charge in [-0.05, 0) is 128 Å². The maximum atomic E-state index is 2.45. The topological polar surface area (TPSA) is 0 Å². The summed E-state index contributed by atoms with van der Waals surface area (Å²) in [4.78, 5) is 0. The third-order valence-electron chi connectivity index (χ3n) is 11.6. The maximum Gasteiger partial charge on any atom is -0.00261 e. The van der Waals surface area contributed by atoms with Crippen molar-refractivity contribution in [2.75, 3.05) is 0 Å². The third-order valence-corrected chi connectivity index (χ3v) is 11.6. The van der Waals surface area contributed by atoms with Crippen LogP contribution in [-0.4, -0.2) is 0 Å². The Bertz CT molecular complexity index is 3190. The summed E-state index contributed by atoms with van der Waals surface area (Å²) in [6.07, 6.45) is 0. The Morgan fingerprint density at radius 2 is 0.554 bits per heavy atom. The quantitative estimate of drug-likeness (QED) is 0.123. The first kappa shape index (κ1) is 32.2. The summed E-state index contributed by atoms with van der Waals surface area (Å²) in [6.45, 7) is 0. The molecule has 11 aromatic carbocycles. The van der Waals surface area contributed by atoms with Gasteiger partial charge in [0, 0.05) is 0 Å². The largest absolute Gasteiger partial charge is 0.0622 e. The molecule has 11 aromatic rings. The van der Waals surface area contributed by atoms with Gasteiger partial charge >= 0.3 is 0 Å². The molecule has 0 amide bonds. The van der Waals surface area contributed by atoms with Crippen LogP contribution in [0.1, 0.15) is 0 Å². The Kier molecular flexibility index (Phi) is 7.60. The van der Waals surface area contributed by atoms with Gasteiger partial charge in [0.25, 0.3) is 0 Å². The zero-order valence-corrected chi connectivity index (χ0v) is 30.8. The van der Waals surface area contributed by atoms with E-state index < -0.39 is 0 Å². The molecule has 0 radical (unpaired) electrons. The van der Waals surface area contributed by atoms with Crippen molar-refractivity contribution in [3.63, 3.8) is 0 Å². The summed E-state index contributed by atoms with van der Waals surface area (Å²) in [5.74, 6) is 0. The highest BCUT2D eigenvalue weighted by molar-refractivity contribution is 6.26. The molecule has 0 unspecified atom stereocenters. The molecule has 0 aliphatic carbocycles. The standard InChI is InChI=1S/C56H36/c1-3-16-37(17-4-1)39-20-15-21-40(34-39)43-32-31-42(56-51-28-13-11-26-49(51)55(38-18-5-2-6-19-38)50-27-12-14-29-52(50)56)36-53(43)41-30-33-48-46-24-8-7-22-44(46)45-23-9-10-25-47(45)54(48)35-41/h1-36H. The van der Waals surface area contributed by atoms with Crippen molar-refractivity contribution in [2.45, 2.75) is 0 Å². The van der Waals surface area contributed by atoms with E-state index in [1.54, 1.807) is 0 Å². The molecule has 260 valence electrons. The van der Waals surface area contributed by atoms with E-state index in [4.69, 9.17) is 0 Å². The van der Waals surface area contributed by atoms with E-state index in [0.717, 1.165) is 0 Å². The van der Waals surface area contributed by atoms with E-state index in [2.05, 4.69) is 218 Å². The predicted molar refractivity (Wildman–Crippen MR) is 241 cm³/mol. The Hall–Kier alpha value is -7.28. The molecule has 11 rings (SSSR count). The van der Waals surface area contributed by atoms with Crippen LogP contribution in [0, 0.1) is 0 Å². The normalized spacial score (nSPS) is 11.6. The Morgan fingerprint density at radius 3 is 1.12 bits per heavy atom. The van der Waals surface area contributed by atoms with Crippen LogP contribution < -0.4 is 0 Å². The molecule has 0 saturated carbocycles. The monoisotopic (exact) mass is 708 g/mol. The fraction of sp³-hybridized carbons (Fsp3) is 0. The first-order chi connectivity index (χ1) is 27.8. The van der Waals surface area contributed by atoms with Gasteiger partial charge in [0.05, 0.1) is 0 Å². The van der Waals surface area contributed by atoms with E-state index in [-0.39, 0.29) is 0 Å². The van der Waals surface area contributed by atoms with Crippen molar-refractivity contribution < 1.29 is 0 Å². The Balaban J connectivity index is 1.21. The van der Waals surface area contributed by atoms with Crippen molar-refractivity contribution in [2.24, 2.45) is 0 Å². The molecule has 0 bridgehead atoms. The van der Waals surface area contributed by atoms with Crippen LogP contribution in [0.15, 0.2) is 218 Å². The van der Waals surface area contributed by atoms with Crippen molar-refractivity contribution in [3.05, 3.63) is 218 Å². The molecule has 0 aromatic heterocycles. The summed E-state index contributed by atoms with van der Waals surface area (Å²) in [5, 5.41) is 12.7. The van der Waals surface area contributed by atoms with E-state index >= 15 is 0 Å². The van der Waals surface area contributed by atoms with Gasteiger partial charge in [-0.1, -0.05) is 200 Å². The summed E-state index contributed by atoms with van der Waals surface area (Å²) in [7, 11) is 0. The van der Waals surface area contributed by atoms with Gasteiger partial charge in [0.15, 0.2) is 0 Å². The first-order valence-electron chi connectivity index (χ1n) is 19.4. The zero-order valence-electron chi connectivity index (χ0n) is 30.8. The number of rotatable bonds is 5. The van der Waals surface area contributed by atoms with Gasteiger partial charge in [-0.15, -0.1) is 0 Å². The lowest BCUT2D eigenvalue weighted by Gasteiger charge is -2.20. The first-order valence-corrected chi connectivity index (χ1v) is 19.4. The van der Waals surface area contributed by atoms with Crippen molar-refractivity contribution in [1.82, 2.24) is 0 Å². The number of benzene rings is 11. The fourth-order valence-corrected chi connectivity index (χ4v) is 9.12. The molecule has 0 aliphatic heterocycles. The lowest BCUT2D eigenvalue weighted by Crippen LogP contribution is -1.93. The van der Waals surface area contributed by atoms with Crippen molar-refractivity contribution >= 4 is 53.9 Å². The van der Waals surface area contributed by atoms with E-state index in [0.29, 0.717) is 0 Å². The lowest BCUT2D eigenvalue weighted by molar-refractivity contribution is 1.57. The second-order valence-corrected chi connectivity index (χ2v) is 14.8. The van der Waals surface area contributed by atoms with Crippen LogP contribution in [0.4, 0.5) is 0 Å². The minimum Gasteiger partial charge on any atom is -0.0622 e. The fourth-order valence-electron chi connectivity index (χ4n) is 9.12. The van der Waals surface area contributed by atoms with Crippen molar-refractivity contribution in [1.29, 1.82) is 0 Å². The van der Waals surface area contributed by atoms with Gasteiger partial charge in [-0.3, -0.25) is 0 Å². The molecule has 0 heterocycles. The molecular weight excluding hydrogens is 673 g/mol. The minimum atomic E-state index is 1.20. The van der Waals surface area contributed by atoms with Crippen LogP contribution in [0.25, 0.3) is 109 Å². The molecule has 0 N–H and O–H groups in total. The second-order valence-electron chi connectivity index (χ2n) is 14.8. The molecular formula is C56H36. The minimum absolute atomic E-state index is 1.20. The average Bonchev–Trinajstić information content (AvgIpc) is 3.28. The highest BCUT2D eigenvalue weighted by Gasteiger charge is 2.19. The molecule has 0 aliphatic rings. The SMILES string of the molecule is c1ccc(-c2cccc(-c3ccc(-c4c5ccccc5c(-c5ccccc5)c5ccccc45)cc3-c3ccc4c5ccccc5c5ccccc5c4c3)c2)cc1. The van der Waals surface area contributed by atoms with E-state index in [1.165, 1.54) is 109 Å². The van der Waals surface area contributed by atoms with Crippen LogP contribution in [0.3, 0.4) is 0 Å². The summed E-state index contributed by atoms with van der Waals surface area (Å²) in [6, 6.07) is 80.4. The average molecular weight is 709 g/mol. The molecule has 0 heteroatoms. The predicted octanol–water partition coefficient (Wildman–Crippen LogP) is 15.8. The second kappa shape index (κ2) is 13.2. The smallest absolute Gasteiger partial charge is 0.00261 e. The van der Waals surface area contributed by atoms with Gasteiger partial charge < -0.3 is 0 Å². The third kappa shape index (κ3) is 5.22. The van der Waals surface area contributed by atoms with Crippen LogP contribution in [0.2, 0.25) is 0 Å². The summed E-state index contributed by atoms with van der Waals surface area (Å²) in [5.41, 5.74) is 12.2. The number of hydrogen-bond donors (Lipinski definition) is 0. The zero-order chi connectivity index (χ0) is 37.0.